The number of carboxylic acids is 1. The van der Waals surface area contributed by atoms with E-state index in [0.29, 0.717) is 18.3 Å². The Balaban J connectivity index is 2.06. The van der Waals surface area contributed by atoms with Crippen LogP contribution in [0.25, 0.3) is 0 Å². The number of carbonyl (C=O) groups is 1. The highest BCUT2D eigenvalue weighted by Crippen LogP contribution is 2.29. The van der Waals surface area contributed by atoms with Crippen molar-refractivity contribution in [2.75, 3.05) is 6.61 Å². The summed E-state index contributed by atoms with van der Waals surface area (Å²) in [6, 6.07) is 3.82. The summed E-state index contributed by atoms with van der Waals surface area (Å²) in [7, 11) is 0. The van der Waals surface area contributed by atoms with Gasteiger partial charge >= 0.3 is 5.97 Å². The standard InChI is InChI=1S/C11H11FO3/c12-10-5-8(15-6-7-1-2-7)3-4-9(10)11(13)14/h3-5,7H,1-2,6H2,(H,13,14). The van der Waals surface area contributed by atoms with E-state index in [9.17, 15) is 9.18 Å². The monoisotopic (exact) mass is 210 g/mol. The maximum atomic E-state index is 13.2. The van der Waals surface area contributed by atoms with Gasteiger partial charge in [-0.15, -0.1) is 0 Å². The van der Waals surface area contributed by atoms with Crippen molar-refractivity contribution in [3.8, 4) is 5.75 Å². The van der Waals surface area contributed by atoms with Crippen molar-refractivity contribution in [3.05, 3.63) is 29.6 Å². The Kier molecular flexibility index (Phi) is 2.58. The summed E-state index contributed by atoms with van der Waals surface area (Å²) < 4.78 is 18.5. The van der Waals surface area contributed by atoms with Crippen molar-refractivity contribution in [3.63, 3.8) is 0 Å². The summed E-state index contributed by atoms with van der Waals surface area (Å²) in [6.45, 7) is 0.589. The van der Waals surface area contributed by atoms with Crippen LogP contribution in [-0.2, 0) is 0 Å². The first-order valence-corrected chi connectivity index (χ1v) is 4.82. The average Bonchev–Trinajstić information content (AvgIpc) is 2.97. The number of carboxylic acid groups (broad SMARTS) is 1. The van der Waals surface area contributed by atoms with E-state index in [-0.39, 0.29) is 5.56 Å². The molecule has 2 rings (SSSR count). The zero-order chi connectivity index (χ0) is 10.8. The number of hydrogen-bond acceptors (Lipinski definition) is 2. The minimum atomic E-state index is -1.26. The summed E-state index contributed by atoms with van der Waals surface area (Å²) in [5.41, 5.74) is -0.325. The van der Waals surface area contributed by atoms with E-state index in [2.05, 4.69) is 0 Å². The first kappa shape index (κ1) is 9.96. The van der Waals surface area contributed by atoms with Gasteiger partial charge in [-0.1, -0.05) is 0 Å². The third-order valence-electron chi connectivity index (χ3n) is 2.35. The molecule has 80 valence electrons. The molecular formula is C11H11FO3. The van der Waals surface area contributed by atoms with E-state index in [1.807, 2.05) is 0 Å². The van der Waals surface area contributed by atoms with Crippen LogP contribution in [0, 0.1) is 11.7 Å². The molecule has 1 aromatic rings. The van der Waals surface area contributed by atoms with Crippen LogP contribution in [0.3, 0.4) is 0 Å². The van der Waals surface area contributed by atoms with Crippen molar-refractivity contribution in [1.82, 2.24) is 0 Å². The van der Waals surface area contributed by atoms with Gasteiger partial charge in [0.25, 0.3) is 0 Å². The predicted molar refractivity (Wildman–Crippen MR) is 51.6 cm³/mol. The van der Waals surface area contributed by atoms with Crippen LogP contribution < -0.4 is 4.74 Å². The summed E-state index contributed by atoms with van der Waals surface area (Å²) in [5, 5.41) is 8.60. The molecule has 0 aromatic heterocycles. The van der Waals surface area contributed by atoms with Crippen LogP contribution in [-0.4, -0.2) is 17.7 Å². The second-order valence-corrected chi connectivity index (χ2v) is 3.70. The van der Waals surface area contributed by atoms with Crippen LogP contribution in [0.5, 0.6) is 5.75 Å². The molecule has 3 nitrogen and oxygen atoms in total. The molecule has 0 saturated heterocycles. The minimum Gasteiger partial charge on any atom is -0.493 e. The van der Waals surface area contributed by atoms with E-state index in [1.54, 1.807) is 0 Å². The van der Waals surface area contributed by atoms with Crippen LogP contribution in [0.15, 0.2) is 18.2 Å². The van der Waals surface area contributed by atoms with Gasteiger partial charge in [-0.25, -0.2) is 9.18 Å². The topological polar surface area (TPSA) is 46.5 Å². The smallest absolute Gasteiger partial charge is 0.338 e. The normalized spacial score (nSPS) is 15.0. The molecule has 0 radical (unpaired) electrons. The van der Waals surface area contributed by atoms with E-state index < -0.39 is 11.8 Å². The van der Waals surface area contributed by atoms with Gasteiger partial charge in [0.15, 0.2) is 0 Å². The maximum absolute atomic E-state index is 13.2. The number of ether oxygens (including phenoxy) is 1. The van der Waals surface area contributed by atoms with Crippen molar-refractivity contribution >= 4 is 5.97 Å². The Morgan fingerprint density at radius 2 is 2.27 bits per heavy atom. The van der Waals surface area contributed by atoms with Crippen molar-refractivity contribution < 1.29 is 19.0 Å². The highest BCUT2D eigenvalue weighted by molar-refractivity contribution is 5.88. The second-order valence-electron chi connectivity index (χ2n) is 3.70. The summed E-state index contributed by atoms with van der Waals surface area (Å²) in [6.07, 6.45) is 2.32. The SMILES string of the molecule is O=C(O)c1ccc(OCC2CC2)cc1F. The largest absolute Gasteiger partial charge is 0.493 e. The van der Waals surface area contributed by atoms with Crippen LogP contribution in [0.2, 0.25) is 0 Å². The molecule has 0 atom stereocenters. The average molecular weight is 210 g/mol. The van der Waals surface area contributed by atoms with E-state index in [1.165, 1.54) is 12.1 Å². The molecule has 0 unspecified atom stereocenters. The summed E-state index contributed by atoms with van der Waals surface area (Å²) >= 11 is 0. The van der Waals surface area contributed by atoms with Gasteiger partial charge in [-0.2, -0.15) is 0 Å². The number of halogens is 1. The molecule has 0 bridgehead atoms. The summed E-state index contributed by atoms with van der Waals surface area (Å²) in [5.74, 6) is -1.03. The molecule has 0 aliphatic heterocycles. The molecule has 1 N–H and O–H groups in total. The first-order chi connectivity index (χ1) is 7.16. The van der Waals surface area contributed by atoms with Gasteiger partial charge in [0, 0.05) is 6.07 Å². The van der Waals surface area contributed by atoms with Crippen molar-refractivity contribution in [1.29, 1.82) is 0 Å². The number of rotatable bonds is 4. The summed E-state index contributed by atoms with van der Waals surface area (Å²) in [4.78, 5) is 10.5. The zero-order valence-corrected chi connectivity index (χ0v) is 8.07. The lowest BCUT2D eigenvalue weighted by atomic mass is 10.2. The van der Waals surface area contributed by atoms with Crippen LogP contribution in [0.1, 0.15) is 23.2 Å². The number of hydrogen-bond donors (Lipinski definition) is 1. The fourth-order valence-corrected chi connectivity index (χ4v) is 1.26. The van der Waals surface area contributed by atoms with Gasteiger partial charge in [0.1, 0.15) is 11.6 Å². The fourth-order valence-electron chi connectivity index (χ4n) is 1.26. The molecular weight excluding hydrogens is 199 g/mol. The van der Waals surface area contributed by atoms with Crippen LogP contribution in [0.4, 0.5) is 4.39 Å². The highest BCUT2D eigenvalue weighted by atomic mass is 19.1. The van der Waals surface area contributed by atoms with Gasteiger partial charge in [-0.05, 0) is 30.9 Å². The van der Waals surface area contributed by atoms with Crippen molar-refractivity contribution in [2.24, 2.45) is 5.92 Å². The van der Waals surface area contributed by atoms with Gasteiger partial charge in [0.05, 0.1) is 12.2 Å². The van der Waals surface area contributed by atoms with E-state index >= 15 is 0 Å². The number of aromatic carboxylic acids is 1. The molecule has 4 heteroatoms. The van der Waals surface area contributed by atoms with E-state index in [0.717, 1.165) is 18.9 Å². The van der Waals surface area contributed by atoms with Gasteiger partial charge in [0.2, 0.25) is 0 Å². The van der Waals surface area contributed by atoms with Gasteiger partial charge in [-0.3, -0.25) is 0 Å². The third kappa shape index (κ3) is 2.46. The Bertz CT molecular complexity index is 385. The molecule has 15 heavy (non-hydrogen) atoms. The molecule has 1 aliphatic carbocycles. The molecule has 0 heterocycles. The Morgan fingerprint density at radius 3 is 2.80 bits per heavy atom. The Morgan fingerprint density at radius 1 is 1.53 bits per heavy atom. The lowest BCUT2D eigenvalue weighted by Gasteiger charge is -2.05. The molecule has 1 fully saturated rings. The molecule has 1 aromatic carbocycles. The lowest BCUT2D eigenvalue weighted by molar-refractivity contribution is 0.0692. The van der Waals surface area contributed by atoms with Crippen molar-refractivity contribution in [2.45, 2.75) is 12.8 Å². The first-order valence-electron chi connectivity index (χ1n) is 4.82. The number of benzene rings is 1. The molecule has 1 aliphatic rings. The van der Waals surface area contributed by atoms with E-state index in [4.69, 9.17) is 9.84 Å². The maximum Gasteiger partial charge on any atom is 0.338 e. The molecule has 1 saturated carbocycles. The second kappa shape index (κ2) is 3.88. The Labute approximate surface area is 86.5 Å². The lowest BCUT2D eigenvalue weighted by Crippen LogP contribution is -2.03. The molecule has 0 spiro atoms. The molecule has 0 amide bonds. The third-order valence-corrected chi connectivity index (χ3v) is 2.35. The highest BCUT2D eigenvalue weighted by Gasteiger charge is 2.22. The zero-order valence-electron chi connectivity index (χ0n) is 8.07. The quantitative estimate of drug-likeness (QED) is 0.829. The fraction of sp³-hybridized carbons (Fsp3) is 0.364. The van der Waals surface area contributed by atoms with Crippen LogP contribution >= 0.6 is 0 Å². The minimum absolute atomic E-state index is 0.325. The Hall–Kier alpha value is -1.58. The predicted octanol–water partition coefficient (Wildman–Crippen LogP) is 2.31. The van der Waals surface area contributed by atoms with Gasteiger partial charge < -0.3 is 9.84 Å².